The largest absolute Gasteiger partial charge is 0.408 e. The number of hydrogen-bond acceptors (Lipinski definition) is 4. The van der Waals surface area contributed by atoms with Crippen molar-refractivity contribution in [2.75, 3.05) is 5.32 Å². The molecule has 0 unspecified atom stereocenters. The van der Waals surface area contributed by atoms with Gasteiger partial charge in [-0.15, -0.1) is 5.10 Å². The average Bonchev–Trinajstić information content (AvgIpc) is 2.85. The molecule has 0 spiro atoms. The van der Waals surface area contributed by atoms with Gasteiger partial charge in [0.1, 0.15) is 0 Å². The minimum absolute atomic E-state index is 0.110. The maximum Gasteiger partial charge on any atom is 0.315 e. The minimum Gasteiger partial charge on any atom is -0.408 e. The van der Waals surface area contributed by atoms with Gasteiger partial charge in [0, 0.05) is 24.4 Å². The van der Waals surface area contributed by atoms with Crippen molar-refractivity contribution in [2.24, 2.45) is 0 Å². The molecular formula is C11H16N4O. The van der Waals surface area contributed by atoms with E-state index in [1.165, 1.54) is 0 Å². The third kappa shape index (κ3) is 2.42. The summed E-state index contributed by atoms with van der Waals surface area (Å²) in [5, 5.41) is 11.0. The highest BCUT2D eigenvalue weighted by Crippen LogP contribution is 2.21. The van der Waals surface area contributed by atoms with Crippen molar-refractivity contribution in [2.45, 2.75) is 32.7 Å². The maximum atomic E-state index is 5.50. The Kier molecular flexibility index (Phi) is 2.68. The molecule has 0 bridgehead atoms. The Labute approximate surface area is 94.3 Å². The standard InChI is InChI=1S/C11H16N4O/c1-11(2,3)9-14-15-10(16-9)13-7-8-4-5-12-6-8/h4-6,12H,7H2,1-3H3,(H,13,15). The van der Waals surface area contributed by atoms with Gasteiger partial charge in [0.05, 0.1) is 0 Å². The van der Waals surface area contributed by atoms with Gasteiger partial charge in [0.25, 0.3) is 0 Å². The normalized spacial score (nSPS) is 11.7. The van der Waals surface area contributed by atoms with Crippen LogP contribution in [-0.4, -0.2) is 15.2 Å². The van der Waals surface area contributed by atoms with Crippen molar-refractivity contribution in [1.82, 2.24) is 15.2 Å². The summed E-state index contributed by atoms with van der Waals surface area (Å²) in [5.41, 5.74) is 1.04. The number of anilines is 1. The summed E-state index contributed by atoms with van der Waals surface area (Å²) in [5.74, 6) is 0.643. The molecule has 16 heavy (non-hydrogen) atoms. The third-order valence-electron chi connectivity index (χ3n) is 2.17. The van der Waals surface area contributed by atoms with Gasteiger partial charge in [-0.2, -0.15) is 0 Å². The Balaban J connectivity index is 1.98. The average molecular weight is 220 g/mol. The molecule has 0 amide bonds. The van der Waals surface area contributed by atoms with Crippen molar-refractivity contribution in [3.63, 3.8) is 0 Å². The molecule has 0 saturated heterocycles. The molecule has 5 nitrogen and oxygen atoms in total. The smallest absolute Gasteiger partial charge is 0.315 e. The van der Waals surface area contributed by atoms with E-state index < -0.39 is 0 Å². The van der Waals surface area contributed by atoms with Crippen molar-refractivity contribution in [3.8, 4) is 0 Å². The SMILES string of the molecule is CC(C)(C)c1nnc(NCc2cc[nH]c2)o1. The number of hydrogen-bond donors (Lipinski definition) is 2. The molecule has 2 heterocycles. The summed E-state index contributed by atoms with van der Waals surface area (Å²) in [6.07, 6.45) is 3.81. The van der Waals surface area contributed by atoms with Crippen LogP contribution < -0.4 is 5.32 Å². The van der Waals surface area contributed by atoms with Crippen molar-refractivity contribution in [1.29, 1.82) is 0 Å². The molecule has 2 N–H and O–H groups in total. The van der Waals surface area contributed by atoms with E-state index in [0.29, 0.717) is 18.5 Å². The number of rotatable bonds is 3. The van der Waals surface area contributed by atoms with Gasteiger partial charge in [-0.25, -0.2) is 0 Å². The van der Waals surface area contributed by atoms with Gasteiger partial charge in [-0.05, 0) is 11.6 Å². The van der Waals surface area contributed by atoms with Gasteiger partial charge in [0.15, 0.2) is 0 Å². The van der Waals surface area contributed by atoms with Crippen molar-refractivity contribution >= 4 is 6.01 Å². The van der Waals surface area contributed by atoms with E-state index in [0.717, 1.165) is 5.56 Å². The van der Waals surface area contributed by atoms with Crippen LogP contribution in [0.2, 0.25) is 0 Å². The van der Waals surface area contributed by atoms with E-state index in [-0.39, 0.29) is 5.41 Å². The predicted molar refractivity (Wildman–Crippen MR) is 61.1 cm³/mol. The molecule has 0 radical (unpaired) electrons. The molecule has 0 aliphatic carbocycles. The lowest BCUT2D eigenvalue weighted by Gasteiger charge is -2.10. The number of aromatic nitrogens is 3. The molecule has 0 saturated carbocycles. The Bertz CT molecular complexity index is 439. The molecule has 86 valence electrons. The maximum absolute atomic E-state index is 5.50. The monoisotopic (exact) mass is 220 g/mol. The second kappa shape index (κ2) is 4.00. The second-order valence-corrected chi connectivity index (χ2v) is 4.74. The Morgan fingerprint density at radius 1 is 1.38 bits per heavy atom. The highest BCUT2D eigenvalue weighted by molar-refractivity contribution is 5.22. The van der Waals surface area contributed by atoms with E-state index in [9.17, 15) is 0 Å². The summed E-state index contributed by atoms with van der Waals surface area (Å²) in [6, 6.07) is 2.46. The van der Waals surface area contributed by atoms with Crippen LogP contribution in [0.15, 0.2) is 22.9 Å². The molecule has 0 aliphatic heterocycles. The fourth-order valence-corrected chi connectivity index (χ4v) is 1.24. The van der Waals surface area contributed by atoms with Gasteiger partial charge in [-0.1, -0.05) is 25.9 Å². The van der Waals surface area contributed by atoms with Gasteiger partial charge in [-0.3, -0.25) is 0 Å². The zero-order chi connectivity index (χ0) is 11.6. The molecule has 0 aromatic carbocycles. The van der Waals surface area contributed by atoms with E-state index in [4.69, 9.17) is 4.42 Å². The first kappa shape index (κ1) is 10.7. The Morgan fingerprint density at radius 2 is 2.19 bits per heavy atom. The quantitative estimate of drug-likeness (QED) is 0.833. The van der Waals surface area contributed by atoms with Crippen LogP contribution in [0, 0.1) is 0 Å². The van der Waals surface area contributed by atoms with Crippen LogP contribution in [0.1, 0.15) is 32.2 Å². The van der Waals surface area contributed by atoms with Crippen LogP contribution in [0.25, 0.3) is 0 Å². The fraction of sp³-hybridized carbons (Fsp3) is 0.455. The summed E-state index contributed by atoms with van der Waals surface area (Å²) in [6.45, 7) is 6.79. The molecule has 2 aromatic rings. The third-order valence-corrected chi connectivity index (χ3v) is 2.17. The molecule has 2 rings (SSSR count). The van der Waals surface area contributed by atoms with E-state index >= 15 is 0 Å². The minimum atomic E-state index is -0.110. The lowest BCUT2D eigenvalue weighted by molar-refractivity contribution is 0.399. The van der Waals surface area contributed by atoms with Gasteiger partial charge < -0.3 is 14.7 Å². The summed E-state index contributed by atoms with van der Waals surface area (Å²) >= 11 is 0. The Morgan fingerprint density at radius 3 is 2.75 bits per heavy atom. The first-order chi connectivity index (χ1) is 7.55. The highest BCUT2D eigenvalue weighted by atomic mass is 16.4. The molecule has 0 atom stereocenters. The zero-order valence-corrected chi connectivity index (χ0v) is 9.74. The number of aromatic amines is 1. The zero-order valence-electron chi connectivity index (χ0n) is 9.74. The van der Waals surface area contributed by atoms with Crippen LogP contribution in [0.3, 0.4) is 0 Å². The molecule has 5 heteroatoms. The van der Waals surface area contributed by atoms with Crippen molar-refractivity contribution < 1.29 is 4.42 Å². The molecule has 0 aliphatic rings. The number of H-pyrrole nitrogens is 1. The molecular weight excluding hydrogens is 204 g/mol. The van der Waals surface area contributed by atoms with E-state index in [1.54, 1.807) is 0 Å². The fourth-order valence-electron chi connectivity index (χ4n) is 1.24. The summed E-state index contributed by atoms with van der Waals surface area (Å²) < 4.78 is 5.50. The van der Waals surface area contributed by atoms with Gasteiger partial charge >= 0.3 is 6.01 Å². The van der Waals surface area contributed by atoms with Crippen LogP contribution >= 0.6 is 0 Å². The van der Waals surface area contributed by atoms with Crippen molar-refractivity contribution in [3.05, 3.63) is 29.9 Å². The number of nitrogens with one attached hydrogen (secondary N) is 2. The van der Waals surface area contributed by atoms with Crippen LogP contribution in [0.4, 0.5) is 6.01 Å². The molecule has 0 fully saturated rings. The Hall–Kier alpha value is -1.78. The lowest BCUT2D eigenvalue weighted by Crippen LogP contribution is -2.11. The van der Waals surface area contributed by atoms with E-state index in [2.05, 4.69) is 20.5 Å². The van der Waals surface area contributed by atoms with Gasteiger partial charge in [0.2, 0.25) is 5.89 Å². The number of nitrogens with zero attached hydrogens (tertiary/aromatic N) is 2. The first-order valence-corrected chi connectivity index (χ1v) is 5.25. The summed E-state index contributed by atoms with van der Waals surface area (Å²) in [7, 11) is 0. The predicted octanol–water partition coefficient (Wildman–Crippen LogP) is 2.31. The lowest BCUT2D eigenvalue weighted by atomic mass is 9.97. The highest BCUT2D eigenvalue weighted by Gasteiger charge is 2.21. The second-order valence-electron chi connectivity index (χ2n) is 4.74. The molecule has 2 aromatic heterocycles. The first-order valence-electron chi connectivity index (χ1n) is 5.25. The van der Waals surface area contributed by atoms with Crippen LogP contribution in [0.5, 0.6) is 0 Å². The topological polar surface area (TPSA) is 66.7 Å². The summed E-state index contributed by atoms with van der Waals surface area (Å²) in [4.78, 5) is 2.99. The van der Waals surface area contributed by atoms with E-state index in [1.807, 2.05) is 39.2 Å². The van der Waals surface area contributed by atoms with Crippen LogP contribution in [-0.2, 0) is 12.0 Å².